The first-order valence-electron chi connectivity index (χ1n) is 7.96. The van der Waals surface area contributed by atoms with Crippen LogP contribution < -0.4 is 5.32 Å². The van der Waals surface area contributed by atoms with Gasteiger partial charge in [-0.15, -0.1) is 0 Å². The van der Waals surface area contributed by atoms with Crippen LogP contribution in [-0.2, 0) is 7.05 Å². The van der Waals surface area contributed by atoms with E-state index in [0.29, 0.717) is 5.69 Å². The zero-order chi connectivity index (χ0) is 17.4. The van der Waals surface area contributed by atoms with Gasteiger partial charge in [0, 0.05) is 30.5 Å². The number of carbonyl (C=O) groups is 1. The number of aromatic nitrogens is 4. The Morgan fingerprint density at radius 1 is 1.12 bits per heavy atom. The SMILES string of the molecule is Cc1ccccc1-n1cc2cc(NC(=O)c3ccnn3C)ccc2n1. The lowest BCUT2D eigenvalue weighted by Crippen LogP contribution is -2.15. The largest absolute Gasteiger partial charge is 0.321 e. The van der Waals surface area contributed by atoms with E-state index in [1.165, 1.54) is 0 Å². The highest BCUT2D eigenvalue weighted by molar-refractivity contribution is 6.03. The van der Waals surface area contributed by atoms with E-state index in [2.05, 4.69) is 28.5 Å². The fraction of sp³-hybridized carbons (Fsp3) is 0.105. The van der Waals surface area contributed by atoms with Crippen molar-refractivity contribution in [1.29, 1.82) is 0 Å². The van der Waals surface area contributed by atoms with Crippen molar-refractivity contribution < 1.29 is 4.79 Å². The van der Waals surface area contributed by atoms with Crippen molar-refractivity contribution in [3.63, 3.8) is 0 Å². The summed E-state index contributed by atoms with van der Waals surface area (Å²) in [5, 5.41) is 12.5. The van der Waals surface area contributed by atoms with Crippen LogP contribution in [0.5, 0.6) is 0 Å². The molecule has 1 N–H and O–H groups in total. The fourth-order valence-electron chi connectivity index (χ4n) is 2.84. The quantitative estimate of drug-likeness (QED) is 0.626. The van der Waals surface area contributed by atoms with Crippen molar-refractivity contribution in [1.82, 2.24) is 19.6 Å². The highest BCUT2D eigenvalue weighted by Crippen LogP contribution is 2.21. The third-order valence-electron chi connectivity index (χ3n) is 4.18. The van der Waals surface area contributed by atoms with Crippen molar-refractivity contribution in [3.8, 4) is 5.69 Å². The molecular formula is C19H17N5O. The molecule has 0 aliphatic rings. The fourth-order valence-corrected chi connectivity index (χ4v) is 2.84. The normalized spacial score (nSPS) is 11.0. The molecule has 6 heteroatoms. The molecule has 124 valence electrons. The molecule has 4 rings (SSSR count). The Morgan fingerprint density at radius 3 is 2.72 bits per heavy atom. The third kappa shape index (κ3) is 2.78. The van der Waals surface area contributed by atoms with Crippen LogP contribution in [0.1, 0.15) is 16.1 Å². The van der Waals surface area contributed by atoms with Crippen LogP contribution in [0, 0.1) is 6.92 Å². The molecule has 0 bridgehead atoms. The number of amides is 1. The molecule has 0 atom stereocenters. The highest BCUT2D eigenvalue weighted by Gasteiger charge is 2.11. The van der Waals surface area contributed by atoms with Crippen LogP contribution in [0.2, 0.25) is 0 Å². The number of nitrogens with one attached hydrogen (secondary N) is 1. The van der Waals surface area contributed by atoms with E-state index >= 15 is 0 Å². The van der Waals surface area contributed by atoms with Gasteiger partial charge in [0.1, 0.15) is 5.69 Å². The number of anilines is 1. The van der Waals surface area contributed by atoms with Crippen LogP contribution >= 0.6 is 0 Å². The van der Waals surface area contributed by atoms with Crippen LogP contribution in [0.3, 0.4) is 0 Å². The Balaban J connectivity index is 1.66. The molecule has 0 fully saturated rings. The number of fused-ring (bicyclic) bond motifs is 1. The number of hydrogen-bond donors (Lipinski definition) is 1. The summed E-state index contributed by atoms with van der Waals surface area (Å²) in [5.41, 5.74) is 4.31. The van der Waals surface area contributed by atoms with Crippen molar-refractivity contribution in [3.05, 3.63) is 72.2 Å². The van der Waals surface area contributed by atoms with Gasteiger partial charge >= 0.3 is 0 Å². The van der Waals surface area contributed by atoms with Crippen LogP contribution in [0.25, 0.3) is 16.6 Å². The number of para-hydroxylation sites is 1. The minimum Gasteiger partial charge on any atom is -0.321 e. The average molecular weight is 331 g/mol. The lowest BCUT2D eigenvalue weighted by Gasteiger charge is -2.05. The van der Waals surface area contributed by atoms with Gasteiger partial charge in [-0.25, -0.2) is 4.68 Å². The molecule has 4 aromatic rings. The van der Waals surface area contributed by atoms with E-state index in [4.69, 9.17) is 0 Å². The minimum absolute atomic E-state index is 0.189. The van der Waals surface area contributed by atoms with E-state index in [1.807, 2.05) is 47.3 Å². The van der Waals surface area contributed by atoms with Gasteiger partial charge in [0.15, 0.2) is 0 Å². The average Bonchev–Trinajstić information content (AvgIpc) is 3.20. The molecule has 6 nitrogen and oxygen atoms in total. The number of hydrogen-bond acceptors (Lipinski definition) is 3. The van der Waals surface area contributed by atoms with E-state index in [-0.39, 0.29) is 5.91 Å². The molecule has 2 heterocycles. The second kappa shape index (κ2) is 5.90. The smallest absolute Gasteiger partial charge is 0.273 e. The van der Waals surface area contributed by atoms with Crippen molar-refractivity contribution in [2.24, 2.45) is 7.05 Å². The number of aryl methyl sites for hydroxylation is 2. The number of nitrogens with zero attached hydrogens (tertiary/aromatic N) is 4. The minimum atomic E-state index is -0.189. The number of rotatable bonds is 3. The Morgan fingerprint density at radius 2 is 1.96 bits per heavy atom. The maximum atomic E-state index is 12.3. The Labute approximate surface area is 144 Å². The van der Waals surface area contributed by atoms with Crippen LogP contribution in [-0.4, -0.2) is 25.5 Å². The highest BCUT2D eigenvalue weighted by atomic mass is 16.2. The second-order valence-electron chi connectivity index (χ2n) is 5.93. The van der Waals surface area contributed by atoms with Gasteiger partial charge in [0.05, 0.1) is 11.2 Å². The van der Waals surface area contributed by atoms with E-state index < -0.39 is 0 Å². The first-order valence-corrected chi connectivity index (χ1v) is 7.96. The summed E-state index contributed by atoms with van der Waals surface area (Å²) in [6.07, 6.45) is 3.57. The first kappa shape index (κ1) is 15.1. The Hall–Kier alpha value is -3.41. The molecule has 0 spiro atoms. The first-order chi connectivity index (χ1) is 12.1. The van der Waals surface area contributed by atoms with Crippen molar-refractivity contribution >= 4 is 22.5 Å². The molecule has 25 heavy (non-hydrogen) atoms. The standard InChI is InChI=1S/C19H17N5O/c1-13-5-3-4-6-17(13)24-12-14-11-15(7-8-16(14)22-24)21-19(25)18-9-10-20-23(18)2/h3-12H,1-2H3,(H,21,25). The van der Waals surface area contributed by atoms with Gasteiger partial charge < -0.3 is 5.32 Å². The summed E-state index contributed by atoms with van der Waals surface area (Å²) in [5.74, 6) is -0.189. The van der Waals surface area contributed by atoms with Crippen molar-refractivity contribution in [2.75, 3.05) is 5.32 Å². The zero-order valence-electron chi connectivity index (χ0n) is 14.0. The van der Waals surface area contributed by atoms with Gasteiger partial charge in [-0.3, -0.25) is 9.48 Å². The van der Waals surface area contributed by atoms with E-state index in [1.54, 1.807) is 24.0 Å². The molecule has 0 unspecified atom stereocenters. The molecule has 2 aromatic carbocycles. The molecule has 0 saturated carbocycles. The molecule has 0 radical (unpaired) electrons. The van der Waals surface area contributed by atoms with Crippen LogP contribution in [0.4, 0.5) is 5.69 Å². The predicted molar refractivity (Wildman–Crippen MR) is 97.0 cm³/mol. The van der Waals surface area contributed by atoms with Gasteiger partial charge in [-0.2, -0.15) is 10.2 Å². The summed E-state index contributed by atoms with van der Waals surface area (Å²) in [7, 11) is 1.74. The summed E-state index contributed by atoms with van der Waals surface area (Å²) in [4.78, 5) is 12.3. The van der Waals surface area contributed by atoms with E-state index in [0.717, 1.165) is 27.8 Å². The zero-order valence-corrected chi connectivity index (χ0v) is 14.0. The van der Waals surface area contributed by atoms with Crippen molar-refractivity contribution in [2.45, 2.75) is 6.92 Å². The van der Waals surface area contributed by atoms with Gasteiger partial charge in [-0.05, 0) is 42.8 Å². The summed E-state index contributed by atoms with van der Waals surface area (Å²) in [6, 6.07) is 15.5. The monoisotopic (exact) mass is 331 g/mol. The lowest BCUT2D eigenvalue weighted by atomic mass is 10.2. The maximum absolute atomic E-state index is 12.3. The summed E-state index contributed by atoms with van der Waals surface area (Å²) >= 11 is 0. The Bertz CT molecular complexity index is 1080. The molecule has 0 aliphatic carbocycles. The maximum Gasteiger partial charge on any atom is 0.273 e. The van der Waals surface area contributed by atoms with E-state index in [9.17, 15) is 4.79 Å². The van der Waals surface area contributed by atoms with Crippen LogP contribution in [0.15, 0.2) is 60.9 Å². The van der Waals surface area contributed by atoms with Gasteiger partial charge in [0.25, 0.3) is 5.91 Å². The lowest BCUT2D eigenvalue weighted by molar-refractivity contribution is 0.101. The Kier molecular flexibility index (Phi) is 3.57. The molecule has 0 aliphatic heterocycles. The predicted octanol–water partition coefficient (Wildman–Crippen LogP) is 3.32. The summed E-state index contributed by atoms with van der Waals surface area (Å²) in [6.45, 7) is 2.06. The van der Waals surface area contributed by atoms with Gasteiger partial charge in [-0.1, -0.05) is 18.2 Å². The molecular weight excluding hydrogens is 314 g/mol. The summed E-state index contributed by atoms with van der Waals surface area (Å²) < 4.78 is 3.41. The van der Waals surface area contributed by atoms with Gasteiger partial charge in [0.2, 0.25) is 0 Å². The molecule has 1 amide bonds. The molecule has 2 aromatic heterocycles. The second-order valence-corrected chi connectivity index (χ2v) is 5.93. The number of benzene rings is 2. The molecule has 0 saturated heterocycles. The topological polar surface area (TPSA) is 64.7 Å². The third-order valence-corrected chi connectivity index (χ3v) is 4.18. The number of carbonyl (C=O) groups excluding carboxylic acids is 1.